The highest BCUT2D eigenvalue weighted by atomic mass is 16.8. The molecule has 1 rings (SSSR count). The van der Waals surface area contributed by atoms with E-state index in [1.54, 1.807) is 0 Å². The lowest BCUT2D eigenvalue weighted by Gasteiger charge is -2.22. The number of carbonyl (C=O) groups is 2. The Morgan fingerprint density at radius 1 is 1.17 bits per heavy atom. The Balaban J connectivity index is 2.26. The molecule has 1 atom stereocenters. The van der Waals surface area contributed by atoms with E-state index < -0.39 is 18.4 Å². The van der Waals surface area contributed by atoms with Gasteiger partial charge in [-0.15, -0.1) is 0 Å². The molecule has 0 amide bonds. The highest BCUT2D eigenvalue weighted by molar-refractivity contribution is 5.87. The Labute approximate surface area is 107 Å². The fourth-order valence-electron chi connectivity index (χ4n) is 1.76. The number of rotatable bonds is 4. The van der Waals surface area contributed by atoms with E-state index in [-0.39, 0.29) is 11.7 Å². The van der Waals surface area contributed by atoms with E-state index in [0.29, 0.717) is 0 Å². The van der Waals surface area contributed by atoms with Crippen LogP contribution in [-0.2, 0) is 19.0 Å². The molecule has 0 saturated heterocycles. The third-order valence-corrected chi connectivity index (χ3v) is 2.70. The predicted molar refractivity (Wildman–Crippen MR) is 64.8 cm³/mol. The summed E-state index contributed by atoms with van der Waals surface area (Å²) in [6, 6.07) is 0. The Morgan fingerprint density at radius 2 is 1.78 bits per heavy atom. The van der Waals surface area contributed by atoms with Crippen molar-refractivity contribution in [1.29, 1.82) is 0 Å². The molecule has 5 heteroatoms. The molecule has 1 unspecified atom stereocenters. The Hall–Kier alpha value is -1.52. The van der Waals surface area contributed by atoms with Crippen molar-refractivity contribution in [3.63, 3.8) is 0 Å². The van der Waals surface area contributed by atoms with Gasteiger partial charge in [-0.2, -0.15) is 0 Å². The monoisotopic (exact) mass is 256 g/mol. The summed E-state index contributed by atoms with van der Waals surface area (Å²) in [4.78, 5) is 22.6. The largest absolute Gasteiger partial charge is 0.511 e. The zero-order valence-corrected chi connectivity index (χ0v) is 10.9. The van der Waals surface area contributed by atoms with Gasteiger partial charge < -0.3 is 14.2 Å². The summed E-state index contributed by atoms with van der Waals surface area (Å²) in [5.41, 5.74) is 0.256. The zero-order valence-electron chi connectivity index (χ0n) is 10.9. The van der Waals surface area contributed by atoms with E-state index in [4.69, 9.17) is 14.2 Å². The van der Waals surface area contributed by atoms with E-state index in [9.17, 15) is 9.59 Å². The average Bonchev–Trinajstić information content (AvgIpc) is 2.29. The lowest BCUT2D eigenvalue weighted by molar-refractivity contribution is -0.164. The number of ether oxygens (including phenoxy) is 3. The Kier molecular flexibility index (Phi) is 5.68. The van der Waals surface area contributed by atoms with Crippen LogP contribution in [0.3, 0.4) is 0 Å². The summed E-state index contributed by atoms with van der Waals surface area (Å²) in [7, 11) is 0. The minimum atomic E-state index is -0.967. The van der Waals surface area contributed by atoms with E-state index >= 15 is 0 Å². The summed E-state index contributed by atoms with van der Waals surface area (Å²) >= 11 is 0. The molecule has 102 valence electrons. The molecule has 0 aromatic carbocycles. The van der Waals surface area contributed by atoms with Crippen molar-refractivity contribution < 1.29 is 23.8 Å². The van der Waals surface area contributed by atoms with Gasteiger partial charge in [0.15, 0.2) is 0 Å². The second-order valence-electron chi connectivity index (χ2n) is 4.50. The molecule has 0 spiro atoms. The molecule has 0 N–H and O–H groups in total. The van der Waals surface area contributed by atoms with Gasteiger partial charge in [0.2, 0.25) is 6.29 Å². The molecule has 0 aliphatic heterocycles. The molecular weight excluding hydrogens is 236 g/mol. The fraction of sp³-hybridized carbons (Fsp3) is 0.692. The van der Waals surface area contributed by atoms with Crippen molar-refractivity contribution in [2.75, 3.05) is 0 Å². The van der Waals surface area contributed by atoms with Gasteiger partial charge >= 0.3 is 12.1 Å². The summed E-state index contributed by atoms with van der Waals surface area (Å²) in [5, 5.41) is 0. The van der Waals surface area contributed by atoms with Crippen molar-refractivity contribution in [3.8, 4) is 0 Å². The summed E-state index contributed by atoms with van der Waals surface area (Å²) in [6.07, 6.45) is 3.23. The second-order valence-corrected chi connectivity index (χ2v) is 4.50. The van der Waals surface area contributed by atoms with E-state index in [2.05, 4.69) is 6.58 Å². The van der Waals surface area contributed by atoms with Crippen LogP contribution in [0.2, 0.25) is 0 Å². The first-order chi connectivity index (χ1) is 8.49. The molecule has 0 aromatic heterocycles. The minimum Gasteiger partial charge on any atom is -0.431 e. The van der Waals surface area contributed by atoms with Crippen molar-refractivity contribution in [1.82, 2.24) is 0 Å². The number of carbonyl (C=O) groups excluding carboxylic acids is 2. The molecule has 5 nitrogen and oxygen atoms in total. The van der Waals surface area contributed by atoms with Crippen LogP contribution in [0.4, 0.5) is 4.79 Å². The van der Waals surface area contributed by atoms with Crippen molar-refractivity contribution >= 4 is 12.1 Å². The van der Waals surface area contributed by atoms with Gasteiger partial charge in [0.05, 0.1) is 0 Å². The van der Waals surface area contributed by atoms with E-state index in [0.717, 1.165) is 25.7 Å². The van der Waals surface area contributed by atoms with Crippen LogP contribution < -0.4 is 0 Å². The molecule has 18 heavy (non-hydrogen) atoms. The van der Waals surface area contributed by atoms with Gasteiger partial charge in [-0.05, 0) is 32.6 Å². The molecule has 0 radical (unpaired) electrons. The predicted octanol–water partition coefficient (Wildman–Crippen LogP) is 2.94. The number of hydrogen-bond donors (Lipinski definition) is 0. The highest BCUT2D eigenvalue weighted by Crippen LogP contribution is 2.20. The zero-order chi connectivity index (χ0) is 13.5. The van der Waals surface area contributed by atoms with E-state index in [1.807, 2.05) is 0 Å². The van der Waals surface area contributed by atoms with Crippen LogP contribution in [0.5, 0.6) is 0 Å². The van der Waals surface area contributed by atoms with Crippen LogP contribution in [0, 0.1) is 0 Å². The van der Waals surface area contributed by atoms with Crippen molar-refractivity contribution in [3.05, 3.63) is 12.2 Å². The van der Waals surface area contributed by atoms with Crippen LogP contribution in [0.1, 0.15) is 46.0 Å². The van der Waals surface area contributed by atoms with Gasteiger partial charge in [-0.1, -0.05) is 13.0 Å². The molecule has 0 heterocycles. The molecule has 1 fully saturated rings. The molecular formula is C13H20O5. The average molecular weight is 256 g/mol. The summed E-state index contributed by atoms with van der Waals surface area (Å²) < 4.78 is 14.8. The van der Waals surface area contributed by atoms with Gasteiger partial charge in [-0.25, -0.2) is 9.59 Å². The summed E-state index contributed by atoms with van der Waals surface area (Å²) in [6.45, 7) is 6.42. The lowest BCUT2D eigenvalue weighted by Crippen LogP contribution is -2.26. The Morgan fingerprint density at radius 3 is 2.33 bits per heavy atom. The van der Waals surface area contributed by atoms with Crippen LogP contribution >= 0.6 is 0 Å². The fourth-order valence-corrected chi connectivity index (χ4v) is 1.76. The highest BCUT2D eigenvalue weighted by Gasteiger charge is 2.21. The first-order valence-electron chi connectivity index (χ1n) is 6.23. The maximum Gasteiger partial charge on any atom is 0.511 e. The minimum absolute atomic E-state index is 0.0738. The summed E-state index contributed by atoms with van der Waals surface area (Å²) in [5.74, 6) is -0.590. The quantitative estimate of drug-likeness (QED) is 0.439. The molecule has 0 aromatic rings. The third kappa shape index (κ3) is 5.21. The van der Waals surface area contributed by atoms with Gasteiger partial charge in [0, 0.05) is 12.5 Å². The maximum atomic E-state index is 11.4. The van der Waals surface area contributed by atoms with Gasteiger partial charge in [0.1, 0.15) is 6.10 Å². The standard InChI is InChI=1S/C13H20O5/c1-9(2)12(14)16-10(3)17-13(15)18-11-7-5-4-6-8-11/h10-11H,1,4-8H2,2-3H3. The maximum absolute atomic E-state index is 11.4. The molecule has 1 aliphatic carbocycles. The first-order valence-corrected chi connectivity index (χ1v) is 6.23. The van der Waals surface area contributed by atoms with Crippen LogP contribution in [0.15, 0.2) is 12.2 Å². The van der Waals surface area contributed by atoms with Crippen molar-refractivity contribution in [2.24, 2.45) is 0 Å². The normalized spacial score (nSPS) is 17.7. The van der Waals surface area contributed by atoms with Gasteiger partial charge in [0.25, 0.3) is 0 Å². The number of hydrogen-bond acceptors (Lipinski definition) is 5. The van der Waals surface area contributed by atoms with Crippen LogP contribution in [0.25, 0.3) is 0 Å². The van der Waals surface area contributed by atoms with Crippen molar-refractivity contribution in [2.45, 2.75) is 58.3 Å². The number of esters is 1. The Bertz CT molecular complexity index is 317. The van der Waals surface area contributed by atoms with E-state index in [1.165, 1.54) is 20.3 Å². The third-order valence-electron chi connectivity index (χ3n) is 2.70. The first kappa shape index (κ1) is 14.5. The molecule has 1 aliphatic rings. The van der Waals surface area contributed by atoms with Gasteiger partial charge in [-0.3, -0.25) is 0 Å². The molecule has 0 bridgehead atoms. The van der Waals surface area contributed by atoms with Crippen LogP contribution in [-0.4, -0.2) is 24.5 Å². The SMILES string of the molecule is C=C(C)C(=O)OC(C)OC(=O)OC1CCCCC1. The lowest BCUT2D eigenvalue weighted by atomic mass is 9.98. The molecule has 1 saturated carbocycles. The smallest absolute Gasteiger partial charge is 0.431 e. The topological polar surface area (TPSA) is 61.8 Å². The second kappa shape index (κ2) is 7.03.